The van der Waals surface area contributed by atoms with Crippen molar-refractivity contribution in [2.24, 2.45) is 0 Å². The van der Waals surface area contributed by atoms with Crippen molar-refractivity contribution in [3.63, 3.8) is 0 Å². The van der Waals surface area contributed by atoms with Crippen molar-refractivity contribution >= 4 is 23.4 Å². The highest BCUT2D eigenvalue weighted by Crippen LogP contribution is 2.25. The Morgan fingerprint density at radius 1 is 1.33 bits per heavy atom. The molecule has 0 fully saturated rings. The molecule has 0 saturated carbocycles. The van der Waals surface area contributed by atoms with Gasteiger partial charge in [-0.25, -0.2) is 14.2 Å². The van der Waals surface area contributed by atoms with Crippen LogP contribution in [0.3, 0.4) is 0 Å². The smallest absolute Gasteiger partial charge is 0.354 e. The Balaban J connectivity index is 1.92. The highest BCUT2D eigenvalue weighted by molar-refractivity contribution is 7.98. The van der Waals surface area contributed by atoms with Crippen LogP contribution in [0.2, 0.25) is 0 Å². The van der Waals surface area contributed by atoms with Gasteiger partial charge in [-0.15, -0.1) is 11.8 Å². The van der Waals surface area contributed by atoms with Crippen LogP contribution in [0.15, 0.2) is 53.7 Å². The Bertz CT molecular complexity index is 802. The molecule has 0 amide bonds. The zero-order chi connectivity index (χ0) is 14.8. The second kappa shape index (κ2) is 5.57. The van der Waals surface area contributed by atoms with Crippen LogP contribution in [-0.2, 0) is 5.75 Å². The van der Waals surface area contributed by atoms with E-state index >= 15 is 0 Å². The molecule has 3 rings (SSSR count). The van der Waals surface area contributed by atoms with Crippen LogP contribution in [0.4, 0.5) is 4.39 Å². The van der Waals surface area contributed by atoms with Gasteiger partial charge in [0, 0.05) is 16.8 Å². The summed E-state index contributed by atoms with van der Waals surface area (Å²) in [4.78, 5) is 15.5. The van der Waals surface area contributed by atoms with E-state index in [0.29, 0.717) is 10.6 Å². The third kappa shape index (κ3) is 2.75. The average molecular weight is 302 g/mol. The maximum Gasteiger partial charge on any atom is 0.354 e. The fourth-order valence-electron chi connectivity index (χ4n) is 2.00. The lowest BCUT2D eigenvalue weighted by atomic mass is 10.2. The lowest BCUT2D eigenvalue weighted by molar-refractivity contribution is 0.0689. The van der Waals surface area contributed by atoms with E-state index in [4.69, 9.17) is 5.11 Å². The summed E-state index contributed by atoms with van der Waals surface area (Å²) in [6.45, 7) is 0. The van der Waals surface area contributed by atoms with Gasteiger partial charge in [-0.3, -0.25) is 4.40 Å². The molecule has 21 heavy (non-hydrogen) atoms. The molecule has 1 N–H and O–H groups in total. The summed E-state index contributed by atoms with van der Waals surface area (Å²) >= 11 is 1.44. The molecule has 0 aliphatic heterocycles. The Kier molecular flexibility index (Phi) is 3.62. The van der Waals surface area contributed by atoms with Gasteiger partial charge in [0.2, 0.25) is 0 Å². The molecule has 3 aromatic rings. The van der Waals surface area contributed by atoms with Crippen LogP contribution < -0.4 is 0 Å². The van der Waals surface area contributed by atoms with Gasteiger partial charge < -0.3 is 5.11 Å². The SMILES string of the molecule is O=C(O)c1cnc2c(F)cc(SCc3ccccc3)cn12. The average Bonchev–Trinajstić information content (AvgIpc) is 2.91. The van der Waals surface area contributed by atoms with Crippen molar-refractivity contribution in [3.05, 3.63) is 65.9 Å². The van der Waals surface area contributed by atoms with E-state index in [-0.39, 0.29) is 11.3 Å². The van der Waals surface area contributed by atoms with Gasteiger partial charge in [0.25, 0.3) is 0 Å². The number of pyridine rings is 1. The van der Waals surface area contributed by atoms with Gasteiger partial charge in [0.05, 0.1) is 6.20 Å². The Labute approximate surface area is 124 Å². The Hall–Kier alpha value is -2.34. The molecular formula is C15H11FN2O2S. The van der Waals surface area contributed by atoms with Gasteiger partial charge in [-0.1, -0.05) is 30.3 Å². The molecule has 106 valence electrons. The molecule has 0 aliphatic carbocycles. The van der Waals surface area contributed by atoms with Crippen LogP contribution >= 0.6 is 11.8 Å². The first-order chi connectivity index (χ1) is 10.1. The number of hydrogen-bond acceptors (Lipinski definition) is 3. The lowest BCUT2D eigenvalue weighted by Crippen LogP contribution is -2.02. The minimum absolute atomic E-state index is 0.0245. The van der Waals surface area contributed by atoms with E-state index in [1.807, 2.05) is 30.3 Å². The number of thioether (sulfide) groups is 1. The topological polar surface area (TPSA) is 54.6 Å². The summed E-state index contributed by atoms with van der Waals surface area (Å²) in [7, 11) is 0. The van der Waals surface area contributed by atoms with Crippen LogP contribution in [0.25, 0.3) is 5.65 Å². The molecule has 0 atom stereocenters. The number of carbonyl (C=O) groups is 1. The van der Waals surface area contributed by atoms with E-state index in [1.54, 1.807) is 6.20 Å². The van der Waals surface area contributed by atoms with Crippen LogP contribution in [-0.4, -0.2) is 20.5 Å². The van der Waals surface area contributed by atoms with E-state index in [2.05, 4.69) is 4.98 Å². The molecule has 1 aromatic carbocycles. The van der Waals surface area contributed by atoms with E-state index in [9.17, 15) is 9.18 Å². The number of halogens is 1. The number of hydrogen-bond donors (Lipinski definition) is 1. The Morgan fingerprint density at radius 2 is 2.10 bits per heavy atom. The molecule has 0 aliphatic rings. The van der Waals surface area contributed by atoms with Gasteiger partial charge >= 0.3 is 5.97 Å². The number of aromatic nitrogens is 2. The van der Waals surface area contributed by atoms with Crippen LogP contribution in [0.5, 0.6) is 0 Å². The Morgan fingerprint density at radius 3 is 2.81 bits per heavy atom. The van der Waals surface area contributed by atoms with Gasteiger partial charge in [-0.2, -0.15) is 0 Å². The highest BCUT2D eigenvalue weighted by Gasteiger charge is 2.14. The second-order valence-electron chi connectivity index (χ2n) is 4.44. The zero-order valence-corrected chi connectivity index (χ0v) is 11.7. The number of nitrogens with zero attached hydrogens (tertiary/aromatic N) is 2. The number of benzene rings is 1. The minimum Gasteiger partial charge on any atom is -0.477 e. The third-order valence-electron chi connectivity index (χ3n) is 3.00. The first-order valence-electron chi connectivity index (χ1n) is 6.22. The molecule has 4 nitrogen and oxygen atoms in total. The largest absolute Gasteiger partial charge is 0.477 e. The number of rotatable bonds is 4. The van der Waals surface area contributed by atoms with E-state index < -0.39 is 11.8 Å². The number of carboxylic acid groups (broad SMARTS) is 1. The molecule has 2 heterocycles. The summed E-state index contributed by atoms with van der Waals surface area (Å²) in [6, 6.07) is 11.2. The summed E-state index contributed by atoms with van der Waals surface area (Å²) in [5.41, 5.74) is 1.09. The monoisotopic (exact) mass is 302 g/mol. The fourth-order valence-corrected chi connectivity index (χ4v) is 2.89. The maximum atomic E-state index is 14.0. The third-order valence-corrected chi connectivity index (χ3v) is 4.04. The lowest BCUT2D eigenvalue weighted by Gasteiger charge is -2.05. The van der Waals surface area contributed by atoms with Crippen LogP contribution in [0, 0.1) is 5.82 Å². The first-order valence-corrected chi connectivity index (χ1v) is 7.20. The summed E-state index contributed by atoms with van der Waals surface area (Å²) in [6.07, 6.45) is 2.76. The first kappa shape index (κ1) is 13.6. The molecule has 6 heteroatoms. The van der Waals surface area contributed by atoms with Crippen molar-refractivity contribution in [2.75, 3.05) is 0 Å². The molecule has 2 aromatic heterocycles. The predicted octanol–water partition coefficient (Wildman–Crippen LogP) is 3.46. The molecule has 0 radical (unpaired) electrons. The molecule has 0 spiro atoms. The molecule has 0 bridgehead atoms. The highest BCUT2D eigenvalue weighted by atomic mass is 32.2. The summed E-state index contributed by atoms with van der Waals surface area (Å²) < 4.78 is 15.2. The van der Waals surface area contributed by atoms with Gasteiger partial charge in [0.15, 0.2) is 17.2 Å². The number of aromatic carboxylic acids is 1. The second-order valence-corrected chi connectivity index (χ2v) is 5.49. The summed E-state index contributed by atoms with van der Waals surface area (Å²) in [5, 5.41) is 9.07. The minimum atomic E-state index is -1.13. The number of imidazole rings is 1. The zero-order valence-electron chi connectivity index (χ0n) is 10.9. The fraction of sp³-hybridized carbons (Fsp3) is 0.0667. The summed E-state index contributed by atoms with van der Waals surface area (Å²) in [5.74, 6) is -0.976. The standard InChI is InChI=1S/C15H11FN2O2S/c16-12-6-11(21-9-10-4-2-1-3-5-10)8-18-13(15(19)20)7-17-14(12)18/h1-8H,9H2,(H,19,20). The maximum absolute atomic E-state index is 14.0. The quantitative estimate of drug-likeness (QED) is 0.750. The van der Waals surface area contributed by atoms with E-state index in [1.165, 1.54) is 22.2 Å². The number of carboxylic acids is 1. The van der Waals surface area contributed by atoms with Gasteiger partial charge in [0.1, 0.15) is 0 Å². The molecule has 0 saturated heterocycles. The van der Waals surface area contributed by atoms with Gasteiger partial charge in [-0.05, 0) is 11.6 Å². The molecule has 0 unspecified atom stereocenters. The van der Waals surface area contributed by atoms with Crippen molar-refractivity contribution in [3.8, 4) is 0 Å². The predicted molar refractivity (Wildman–Crippen MR) is 78.1 cm³/mol. The van der Waals surface area contributed by atoms with Crippen molar-refractivity contribution in [1.29, 1.82) is 0 Å². The number of fused-ring (bicyclic) bond motifs is 1. The molecular weight excluding hydrogens is 291 g/mol. The van der Waals surface area contributed by atoms with Crippen LogP contribution in [0.1, 0.15) is 16.1 Å². The van der Waals surface area contributed by atoms with Crippen molar-refractivity contribution in [1.82, 2.24) is 9.38 Å². The van der Waals surface area contributed by atoms with Crippen molar-refractivity contribution in [2.45, 2.75) is 10.6 Å². The normalized spacial score (nSPS) is 10.9. The van der Waals surface area contributed by atoms with Crippen molar-refractivity contribution < 1.29 is 14.3 Å². The van der Waals surface area contributed by atoms with E-state index in [0.717, 1.165) is 11.8 Å².